The van der Waals surface area contributed by atoms with Crippen molar-refractivity contribution in [2.45, 2.75) is 19.8 Å². The summed E-state index contributed by atoms with van der Waals surface area (Å²) in [5.74, 6) is 0.973. The first-order chi connectivity index (χ1) is 10.7. The van der Waals surface area contributed by atoms with Crippen LogP contribution in [-0.4, -0.2) is 44.2 Å². The average molecular weight is 306 g/mol. The lowest BCUT2D eigenvalue weighted by molar-refractivity contribution is -0.384. The Morgan fingerprint density at radius 1 is 1.14 bits per heavy atom. The molecule has 1 aromatic carbocycles. The Bertz CT molecular complexity index is 469. The van der Waals surface area contributed by atoms with Crippen molar-refractivity contribution in [2.24, 2.45) is 5.92 Å². The fraction of sp³-hybridized carbons (Fsp3) is 0.625. The van der Waals surface area contributed by atoms with Crippen molar-refractivity contribution in [1.29, 1.82) is 0 Å². The van der Waals surface area contributed by atoms with Crippen molar-refractivity contribution < 1.29 is 4.92 Å². The predicted octanol–water partition coefficient (Wildman–Crippen LogP) is 2.01. The summed E-state index contributed by atoms with van der Waals surface area (Å²) in [4.78, 5) is 12.4. The van der Waals surface area contributed by atoms with Gasteiger partial charge in [0, 0.05) is 44.0 Å². The van der Waals surface area contributed by atoms with Gasteiger partial charge in [-0.1, -0.05) is 13.0 Å². The van der Waals surface area contributed by atoms with Gasteiger partial charge in [-0.05, 0) is 37.9 Å². The molecule has 122 valence electrons. The van der Waals surface area contributed by atoms with Crippen LogP contribution in [0.1, 0.15) is 19.8 Å². The van der Waals surface area contributed by atoms with E-state index in [0.29, 0.717) is 0 Å². The molecule has 0 spiro atoms. The second-order valence-corrected chi connectivity index (χ2v) is 5.95. The van der Waals surface area contributed by atoms with Gasteiger partial charge in [0.25, 0.3) is 5.69 Å². The maximum Gasteiger partial charge on any atom is 0.271 e. The molecular weight excluding hydrogens is 280 g/mol. The number of hydrogen-bond acceptors (Lipinski definition) is 5. The lowest BCUT2D eigenvalue weighted by Crippen LogP contribution is -2.43. The van der Waals surface area contributed by atoms with E-state index in [2.05, 4.69) is 22.5 Å². The molecule has 6 nitrogen and oxygen atoms in total. The molecule has 0 aromatic heterocycles. The molecule has 0 radical (unpaired) electrons. The fourth-order valence-electron chi connectivity index (χ4n) is 2.69. The smallest absolute Gasteiger partial charge is 0.271 e. The normalized spacial score (nSPS) is 19.2. The van der Waals surface area contributed by atoms with Crippen LogP contribution in [-0.2, 0) is 0 Å². The summed E-state index contributed by atoms with van der Waals surface area (Å²) in [6, 6.07) is 6.80. The fourth-order valence-corrected chi connectivity index (χ4v) is 2.69. The summed E-state index contributed by atoms with van der Waals surface area (Å²) in [7, 11) is 0. The zero-order chi connectivity index (χ0) is 15.8. The summed E-state index contributed by atoms with van der Waals surface area (Å²) in [5, 5.41) is 17.2. The van der Waals surface area contributed by atoms with Gasteiger partial charge in [0.15, 0.2) is 0 Å². The van der Waals surface area contributed by atoms with Crippen LogP contribution in [0.5, 0.6) is 0 Å². The molecule has 22 heavy (non-hydrogen) atoms. The second kappa shape index (κ2) is 8.70. The minimum absolute atomic E-state index is 0.158. The molecule has 3 rings (SSSR count). The molecule has 2 aliphatic heterocycles. The highest BCUT2D eigenvalue weighted by Gasteiger charge is 2.13. The Morgan fingerprint density at radius 3 is 2.32 bits per heavy atom. The number of non-ortho nitro benzene ring substituents is 1. The second-order valence-electron chi connectivity index (χ2n) is 5.95. The molecule has 0 saturated carbocycles. The largest absolute Gasteiger partial charge is 0.369 e. The highest BCUT2D eigenvalue weighted by molar-refractivity contribution is 5.53. The summed E-state index contributed by atoms with van der Waals surface area (Å²) in [5.41, 5.74) is 1.09. The first-order valence-electron chi connectivity index (χ1n) is 8.07. The molecule has 2 saturated heterocycles. The van der Waals surface area contributed by atoms with Gasteiger partial charge < -0.3 is 15.5 Å². The van der Waals surface area contributed by atoms with Crippen molar-refractivity contribution in [3.63, 3.8) is 0 Å². The van der Waals surface area contributed by atoms with E-state index in [-0.39, 0.29) is 10.6 Å². The number of nitro groups is 1. The van der Waals surface area contributed by atoms with Gasteiger partial charge >= 0.3 is 0 Å². The molecule has 0 bridgehead atoms. The van der Waals surface area contributed by atoms with Gasteiger partial charge in [-0.25, -0.2) is 0 Å². The number of rotatable bonds is 2. The van der Waals surface area contributed by atoms with Crippen molar-refractivity contribution in [3.8, 4) is 0 Å². The van der Waals surface area contributed by atoms with Crippen LogP contribution in [0, 0.1) is 16.0 Å². The third kappa shape index (κ3) is 5.27. The summed E-state index contributed by atoms with van der Waals surface area (Å²) in [6.45, 7) is 8.47. The Morgan fingerprint density at radius 2 is 1.77 bits per heavy atom. The van der Waals surface area contributed by atoms with Crippen LogP contribution >= 0.6 is 0 Å². The monoisotopic (exact) mass is 306 g/mol. The number of nitro benzene ring substituents is 1. The van der Waals surface area contributed by atoms with Crippen molar-refractivity contribution in [3.05, 3.63) is 34.4 Å². The van der Waals surface area contributed by atoms with E-state index in [4.69, 9.17) is 0 Å². The van der Waals surface area contributed by atoms with E-state index in [0.717, 1.165) is 37.8 Å². The highest BCUT2D eigenvalue weighted by Crippen LogP contribution is 2.21. The van der Waals surface area contributed by atoms with Gasteiger partial charge in [0.05, 0.1) is 4.92 Å². The zero-order valence-corrected chi connectivity index (χ0v) is 13.3. The third-order valence-electron chi connectivity index (χ3n) is 4.15. The lowest BCUT2D eigenvalue weighted by atomic mass is 10.0. The van der Waals surface area contributed by atoms with Gasteiger partial charge in [-0.2, -0.15) is 0 Å². The first kappa shape index (κ1) is 16.7. The quantitative estimate of drug-likeness (QED) is 0.646. The standard InChI is InChI=1S/C10H13N3O2.C6H13N/c14-13(15)10-3-1-2-9(8-10)12-6-4-11-5-7-12;1-6-2-4-7-5-3-6/h1-3,8,11H,4-7H2;6-7H,2-5H2,1H3. The van der Waals surface area contributed by atoms with Gasteiger partial charge in [0.2, 0.25) is 0 Å². The van der Waals surface area contributed by atoms with E-state index in [1.165, 1.54) is 32.0 Å². The summed E-state index contributed by atoms with van der Waals surface area (Å²) < 4.78 is 0. The summed E-state index contributed by atoms with van der Waals surface area (Å²) in [6.07, 6.45) is 2.75. The molecule has 0 atom stereocenters. The number of piperazine rings is 1. The van der Waals surface area contributed by atoms with Crippen LogP contribution in [0.25, 0.3) is 0 Å². The maximum atomic E-state index is 10.6. The van der Waals surface area contributed by atoms with Gasteiger partial charge in [-0.15, -0.1) is 0 Å². The first-order valence-corrected chi connectivity index (χ1v) is 8.07. The molecule has 1 aromatic rings. The molecular formula is C16H26N4O2. The Kier molecular flexibility index (Phi) is 6.61. The number of nitrogens with zero attached hydrogens (tertiary/aromatic N) is 2. The van der Waals surface area contributed by atoms with Crippen LogP contribution in [0.2, 0.25) is 0 Å². The molecule has 2 aliphatic rings. The topological polar surface area (TPSA) is 70.4 Å². The highest BCUT2D eigenvalue weighted by atomic mass is 16.6. The average Bonchev–Trinajstić information content (AvgIpc) is 2.57. The van der Waals surface area contributed by atoms with Crippen molar-refractivity contribution in [1.82, 2.24) is 10.6 Å². The van der Waals surface area contributed by atoms with E-state index >= 15 is 0 Å². The number of piperidine rings is 1. The SMILES string of the molecule is CC1CCNCC1.O=[N+]([O-])c1cccc(N2CCNCC2)c1. The number of anilines is 1. The maximum absolute atomic E-state index is 10.6. The van der Waals surface area contributed by atoms with E-state index in [1.54, 1.807) is 12.1 Å². The summed E-state index contributed by atoms with van der Waals surface area (Å²) >= 11 is 0. The number of benzene rings is 1. The molecule has 2 N–H and O–H groups in total. The molecule has 0 unspecified atom stereocenters. The third-order valence-corrected chi connectivity index (χ3v) is 4.15. The Labute approximate surface area is 132 Å². The number of hydrogen-bond donors (Lipinski definition) is 2. The molecule has 0 amide bonds. The van der Waals surface area contributed by atoms with Crippen LogP contribution in [0.4, 0.5) is 11.4 Å². The van der Waals surface area contributed by atoms with Crippen LogP contribution in [0.15, 0.2) is 24.3 Å². The molecule has 2 heterocycles. The van der Waals surface area contributed by atoms with Gasteiger partial charge in [-0.3, -0.25) is 10.1 Å². The minimum atomic E-state index is -0.355. The van der Waals surface area contributed by atoms with Crippen LogP contribution < -0.4 is 15.5 Å². The Hall–Kier alpha value is -1.66. The molecule has 2 fully saturated rings. The molecule has 6 heteroatoms. The lowest BCUT2D eigenvalue weighted by Gasteiger charge is -2.29. The number of nitrogens with one attached hydrogen (secondary N) is 2. The van der Waals surface area contributed by atoms with E-state index < -0.39 is 0 Å². The Balaban J connectivity index is 0.000000211. The van der Waals surface area contributed by atoms with E-state index in [1.807, 2.05) is 6.07 Å². The molecule has 0 aliphatic carbocycles. The van der Waals surface area contributed by atoms with Crippen molar-refractivity contribution >= 4 is 11.4 Å². The minimum Gasteiger partial charge on any atom is -0.369 e. The van der Waals surface area contributed by atoms with E-state index in [9.17, 15) is 10.1 Å². The predicted molar refractivity (Wildman–Crippen MR) is 89.4 cm³/mol. The van der Waals surface area contributed by atoms with Gasteiger partial charge in [0.1, 0.15) is 0 Å². The zero-order valence-electron chi connectivity index (χ0n) is 13.3. The van der Waals surface area contributed by atoms with Crippen LogP contribution in [0.3, 0.4) is 0 Å². The van der Waals surface area contributed by atoms with Crippen molar-refractivity contribution in [2.75, 3.05) is 44.2 Å².